The predicted molar refractivity (Wildman–Crippen MR) is 72.4 cm³/mol. The minimum atomic E-state index is 0.883. The third kappa shape index (κ3) is 3.41. The van der Waals surface area contributed by atoms with Crippen LogP contribution in [0, 0.1) is 0 Å². The number of fused-ring (bicyclic) bond motifs is 2. The van der Waals surface area contributed by atoms with Gasteiger partial charge in [-0.05, 0) is 34.6 Å². The quantitative estimate of drug-likeness (QED) is 0.585. The Balaban J connectivity index is 0.000000128. The van der Waals surface area contributed by atoms with Crippen molar-refractivity contribution in [3.05, 3.63) is 0 Å². The van der Waals surface area contributed by atoms with Crippen LogP contribution in [0.4, 0.5) is 0 Å². The van der Waals surface area contributed by atoms with E-state index in [9.17, 15) is 0 Å². The lowest BCUT2D eigenvalue weighted by Crippen LogP contribution is -2.66. The summed E-state index contributed by atoms with van der Waals surface area (Å²) < 4.78 is 0. The molecular formula is C13H28N4. The van der Waals surface area contributed by atoms with E-state index in [1.807, 2.05) is 0 Å². The molecule has 0 aliphatic carbocycles. The highest BCUT2D eigenvalue weighted by Crippen LogP contribution is 2.28. The number of likely N-dealkylation sites (N-methyl/N-ethyl adjacent to an activating group) is 4. The van der Waals surface area contributed by atoms with Crippen molar-refractivity contribution in [1.29, 1.82) is 0 Å². The number of piperidine rings is 1. The lowest BCUT2D eigenvalue weighted by atomic mass is 9.89. The zero-order valence-corrected chi connectivity index (χ0v) is 11.9. The molecule has 2 bridgehead atoms. The van der Waals surface area contributed by atoms with Gasteiger partial charge in [0, 0.05) is 51.4 Å². The molecule has 2 unspecified atom stereocenters. The molecule has 4 rings (SSSR count). The zero-order chi connectivity index (χ0) is 12.4. The van der Waals surface area contributed by atoms with Crippen LogP contribution >= 0.6 is 0 Å². The molecule has 100 valence electrons. The molecule has 0 aromatic carbocycles. The molecule has 2 atom stereocenters. The van der Waals surface area contributed by atoms with Gasteiger partial charge in [0.2, 0.25) is 0 Å². The smallest absolute Gasteiger partial charge is 0.0238 e. The van der Waals surface area contributed by atoms with Crippen LogP contribution in [0.1, 0.15) is 6.42 Å². The Morgan fingerprint density at radius 1 is 0.647 bits per heavy atom. The second kappa shape index (κ2) is 5.65. The van der Waals surface area contributed by atoms with Crippen LogP contribution < -0.4 is 0 Å². The van der Waals surface area contributed by atoms with Crippen molar-refractivity contribution >= 4 is 0 Å². The summed E-state index contributed by atoms with van der Waals surface area (Å²) in [4.78, 5) is 9.65. The van der Waals surface area contributed by atoms with Gasteiger partial charge in [-0.25, -0.2) is 0 Å². The Kier molecular flexibility index (Phi) is 4.42. The maximum atomic E-state index is 2.50. The first-order chi connectivity index (χ1) is 8.06. The highest BCUT2D eigenvalue weighted by atomic mass is 15.3. The SMILES string of the molecule is CN1CC2CC(C1)N2C.CN1CCN(C)CC1. The first-order valence-electron chi connectivity index (χ1n) is 6.84. The van der Waals surface area contributed by atoms with E-state index < -0.39 is 0 Å². The topological polar surface area (TPSA) is 13.0 Å². The van der Waals surface area contributed by atoms with E-state index >= 15 is 0 Å². The lowest BCUT2D eigenvalue weighted by Gasteiger charge is -2.54. The van der Waals surface area contributed by atoms with Gasteiger partial charge in [0.25, 0.3) is 0 Å². The summed E-state index contributed by atoms with van der Waals surface area (Å²) in [6.45, 7) is 7.50. The molecule has 0 aromatic rings. The fraction of sp³-hybridized carbons (Fsp3) is 1.00. The Labute approximate surface area is 106 Å². The number of rotatable bonds is 0. The highest BCUT2D eigenvalue weighted by molar-refractivity contribution is 4.97. The maximum Gasteiger partial charge on any atom is 0.0238 e. The average molecular weight is 240 g/mol. The minimum absolute atomic E-state index is 0.883. The van der Waals surface area contributed by atoms with Crippen molar-refractivity contribution < 1.29 is 0 Å². The van der Waals surface area contributed by atoms with Gasteiger partial charge in [0.1, 0.15) is 0 Å². The minimum Gasteiger partial charge on any atom is -0.304 e. The third-order valence-electron chi connectivity index (χ3n) is 4.47. The second-order valence-electron chi connectivity index (χ2n) is 6.04. The Morgan fingerprint density at radius 3 is 1.35 bits per heavy atom. The van der Waals surface area contributed by atoms with Gasteiger partial charge >= 0.3 is 0 Å². The van der Waals surface area contributed by atoms with Crippen LogP contribution in [-0.2, 0) is 0 Å². The molecule has 0 amide bonds. The van der Waals surface area contributed by atoms with Crippen molar-refractivity contribution in [2.45, 2.75) is 18.5 Å². The Morgan fingerprint density at radius 2 is 1.06 bits per heavy atom. The normalized spacial score (nSPS) is 36.0. The van der Waals surface area contributed by atoms with E-state index in [0.717, 1.165) is 12.1 Å². The highest BCUT2D eigenvalue weighted by Gasteiger charge is 2.40. The van der Waals surface area contributed by atoms with Crippen molar-refractivity contribution in [3.8, 4) is 0 Å². The summed E-state index contributed by atoms with van der Waals surface area (Å²) in [5.41, 5.74) is 0. The summed E-state index contributed by atoms with van der Waals surface area (Å²) in [7, 11) is 8.80. The molecule has 0 aromatic heterocycles. The molecule has 4 nitrogen and oxygen atoms in total. The largest absolute Gasteiger partial charge is 0.304 e. The molecule has 17 heavy (non-hydrogen) atoms. The van der Waals surface area contributed by atoms with Crippen LogP contribution in [0.2, 0.25) is 0 Å². The second-order valence-corrected chi connectivity index (χ2v) is 6.04. The third-order valence-corrected chi connectivity index (χ3v) is 4.47. The Hall–Kier alpha value is -0.160. The number of nitrogens with zero attached hydrogens (tertiary/aromatic N) is 4. The molecule has 0 radical (unpaired) electrons. The molecular weight excluding hydrogens is 212 g/mol. The number of piperazine rings is 2. The first kappa shape index (κ1) is 13.3. The van der Waals surface area contributed by atoms with Gasteiger partial charge in [0.15, 0.2) is 0 Å². The molecule has 0 spiro atoms. The van der Waals surface area contributed by atoms with Crippen LogP contribution in [0.3, 0.4) is 0 Å². The van der Waals surface area contributed by atoms with E-state index in [1.165, 1.54) is 45.7 Å². The summed E-state index contributed by atoms with van der Waals surface area (Å²) in [6.07, 6.45) is 1.45. The van der Waals surface area contributed by atoms with Crippen LogP contribution in [0.15, 0.2) is 0 Å². The average Bonchev–Trinajstić information content (AvgIpc) is 2.33. The monoisotopic (exact) mass is 240 g/mol. The van der Waals surface area contributed by atoms with E-state index in [0.29, 0.717) is 0 Å². The zero-order valence-electron chi connectivity index (χ0n) is 11.9. The molecule has 4 aliphatic rings. The van der Waals surface area contributed by atoms with E-state index in [-0.39, 0.29) is 0 Å². The lowest BCUT2D eigenvalue weighted by molar-refractivity contribution is -0.0408. The van der Waals surface area contributed by atoms with Gasteiger partial charge in [0.05, 0.1) is 0 Å². The van der Waals surface area contributed by atoms with Gasteiger partial charge in [-0.15, -0.1) is 0 Å². The van der Waals surface area contributed by atoms with E-state index in [1.54, 1.807) is 0 Å². The van der Waals surface area contributed by atoms with Crippen molar-refractivity contribution in [1.82, 2.24) is 19.6 Å². The van der Waals surface area contributed by atoms with Gasteiger partial charge in [-0.2, -0.15) is 0 Å². The summed E-state index contributed by atoms with van der Waals surface area (Å²) in [5.74, 6) is 0. The van der Waals surface area contributed by atoms with E-state index in [2.05, 4.69) is 47.8 Å². The summed E-state index contributed by atoms with van der Waals surface area (Å²) in [6, 6.07) is 1.77. The van der Waals surface area contributed by atoms with E-state index in [4.69, 9.17) is 0 Å². The maximum absolute atomic E-state index is 2.50. The molecule has 4 aliphatic heterocycles. The van der Waals surface area contributed by atoms with Crippen LogP contribution in [0.5, 0.6) is 0 Å². The fourth-order valence-corrected chi connectivity index (χ4v) is 2.91. The molecule has 0 saturated carbocycles. The van der Waals surface area contributed by atoms with Crippen LogP contribution in [-0.4, -0.2) is 99.1 Å². The molecule has 4 heterocycles. The number of hydrogen-bond donors (Lipinski definition) is 0. The molecule has 4 saturated heterocycles. The summed E-state index contributed by atoms with van der Waals surface area (Å²) >= 11 is 0. The number of hydrogen-bond acceptors (Lipinski definition) is 4. The van der Waals surface area contributed by atoms with Gasteiger partial charge in [-0.1, -0.05) is 0 Å². The van der Waals surface area contributed by atoms with Crippen LogP contribution in [0.25, 0.3) is 0 Å². The van der Waals surface area contributed by atoms with Crippen molar-refractivity contribution in [2.75, 3.05) is 67.5 Å². The van der Waals surface area contributed by atoms with Crippen molar-refractivity contribution in [3.63, 3.8) is 0 Å². The van der Waals surface area contributed by atoms with Crippen molar-refractivity contribution in [2.24, 2.45) is 0 Å². The summed E-state index contributed by atoms with van der Waals surface area (Å²) in [5, 5.41) is 0. The standard InChI is InChI=1S/C7H14N2.C6H14N2/c1-8-4-6-3-7(5-8)9(6)2;1-7-3-5-8(2)6-4-7/h6-7H,3-5H2,1-2H3;3-6H2,1-2H3. The van der Waals surface area contributed by atoms with Gasteiger partial charge < -0.3 is 14.7 Å². The Bertz CT molecular complexity index is 216. The van der Waals surface area contributed by atoms with Gasteiger partial charge in [-0.3, -0.25) is 4.90 Å². The molecule has 4 fully saturated rings. The molecule has 0 N–H and O–H groups in total. The predicted octanol–water partition coefficient (Wildman–Crippen LogP) is -0.132. The first-order valence-corrected chi connectivity index (χ1v) is 6.84. The molecule has 4 heteroatoms. The fourth-order valence-electron chi connectivity index (χ4n) is 2.91.